The first-order chi connectivity index (χ1) is 9.19. The highest BCUT2D eigenvalue weighted by atomic mass is 19.2. The second-order valence-electron chi connectivity index (χ2n) is 3.95. The van der Waals surface area contributed by atoms with Crippen LogP contribution in [-0.4, -0.2) is 11.5 Å². The molecule has 0 radical (unpaired) electrons. The van der Waals surface area contributed by atoms with E-state index in [9.17, 15) is 8.78 Å². The van der Waals surface area contributed by atoms with Crippen molar-refractivity contribution in [3.63, 3.8) is 0 Å². The summed E-state index contributed by atoms with van der Waals surface area (Å²) < 4.78 is 31.1. The minimum absolute atomic E-state index is 0.254. The zero-order valence-electron chi connectivity index (χ0n) is 10.5. The number of nitrogens with one attached hydrogen (secondary N) is 1. The van der Waals surface area contributed by atoms with E-state index in [-0.39, 0.29) is 12.4 Å². The summed E-state index contributed by atoms with van der Waals surface area (Å²) in [5.41, 5.74) is 0.853. The van der Waals surface area contributed by atoms with Crippen molar-refractivity contribution in [1.29, 1.82) is 0 Å². The van der Waals surface area contributed by atoms with Crippen molar-refractivity contribution < 1.29 is 13.5 Å². The minimum Gasteiger partial charge on any atom is -0.489 e. The van der Waals surface area contributed by atoms with Crippen molar-refractivity contribution in [2.45, 2.75) is 13.5 Å². The monoisotopic (exact) mass is 264 g/mol. The molecule has 2 rings (SSSR count). The summed E-state index contributed by atoms with van der Waals surface area (Å²) in [7, 11) is 0. The number of rotatable bonds is 5. The Hall–Kier alpha value is -2.17. The minimum atomic E-state index is -0.918. The zero-order valence-corrected chi connectivity index (χ0v) is 10.5. The van der Waals surface area contributed by atoms with Gasteiger partial charge in [-0.1, -0.05) is 6.07 Å². The van der Waals surface area contributed by atoms with Crippen LogP contribution >= 0.6 is 0 Å². The third kappa shape index (κ3) is 3.64. The summed E-state index contributed by atoms with van der Waals surface area (Å²) >= 11 is 0. The Morgan fingerprint density at radius 3 is 2.63 bits per heavy atom. The number of halogens is 2. The van der Waals surface area contributed by atoms with Crippen molar-refractivity contribution in [2.24, 2.45) is 0 Å². The largest absolute Gasteiger partial charge is 0.489 e. The number of hydrogen-bond donors (Lipinski definition) is 1. The van der Waals surface area contributed by atoms with Gasteiger partial charge in [0.15, 0.2) is 11.6 Å². The molecule has 0 atom stereocenters. The fourth-order valence-corrected chi connectivity index (χ4v) is 1.53. The SMILES string of the molecule is CCNc1ccc(COc2ccc(F)c(F)c2)cn1. The molecule has 2 aromatic rings. The maximum atomic E-state index is 13.0. The first-order valence-corrected chi connectivity index (χ1v) is 5.95. The first-order valence-electron chi connectivity index (χ1n) is 5.95. The molecule has 0 saturated heterocycles. The molecule has 100 valence electrons. The van der Waals surface area contributed by atoms with Gasteiger partial charge in [-0.15, -0.1) is 0 Å². The van der Waals surface area contributed by atoms with Crippen LogP contribution in [0.15, 0.2) is 36.5 Å². The van der Waals surface area contributed by atoms with Crippen molar-refractivity contribution in [3.05, 3.63) is 53.7 Å². The molecule has 5 heteroatoms. The van der Waals surface area contributed by atoms with Crippen molar-refractivity contribution in [2.75, 3.05) is 11.9 Å². The van der Waals surface area contributed by atoms with E-state index in [4.69, 9.17) is 4.74 Å². The standard InChI is InChI=1S/C14H14F2N2O/c1-2-17-14-6-3-10(8-18-14)9-19-11-4-5-12(15)13(16)7-11/h3-8H,2,9H2,1H3,(H,17,18). The Kier molecular flexibility index (Phi) is 4.28. The van der Waals surface area contributed by atoms with Gasteiger partial charge in [0.2, 0.25) is 0 Å². The summed E-state index contributed by atoms with van der Waals surface area (Å²) in [6, 6.07) is 7.16. The molecule has 0 amide bonds. The molecule has 0 aliphatic heterocycles. The number of hydrogen-bond acceptors (Lipinski definition) is 3. The Morgan fingerprint density at radius 1 is 1.16 bits per heavy atom. The molecule has 0 unspecified atom stereocenters. The Bertz CT molecular complexity index is 544. The lowest BCUT2D eigenvalue weighted by Gasteiger charge is -2.07. The molecule has 0 fully saturated rings. The van der Waals surface area contributed by atoms with Gasteiger partial charge in [0.25, 0.3) is 0 Å². The van der Waals surface area contributed by atoms with Gasteiger partial charge in [-0.25, -0.2) is 13.8 Å². The lowest BCUT2D eigenvalue weighted by molar-refractivity contribution is 0.303. The number of aromatic nitrogens is 1. The second kappa shape index (κ2) is 6.13. The third-order valence-electron chi connectivity index (χ3n) is 2.48. The summed E-state index contributed by atoms with van der Waals surface area (Å²) in [5.74, 6) is -0.726. The van der Waals surface area contributed by atoms with Crippen molar-refractivity contribution in [3.8, 4) is 5.75 Å². The molecule has 0 aliphatic carbocycles. The smallest absolute Gasteiger partial charge is 0.162 e. The van der Waals surface area contributed by atoms with Crippen molar-refractivity contribution >= 4 is 5.82 Å². The first kappa shape index (κ1) is 13.3. The predicted octanol–water partition coefficient (Wildman–Crippen LogP) is 3.37. The van der Waals surface area contributed by atoms with Gasteiger partial charge in [0.1, 0.15) is 18.2 Å². The Balaban J connectivity index is 1.96. The number of nitrogens with zero attached hydrogens (tertiary/aromatic N) is 1. The predicted molar refractivity (Wildman–Crippen MR) is 69.1 cm³/mol. The van der Waals surface area contributed by atoms with Crippen LogP contribution in [0.4, 0.5) is 14.6 Å². The molecule has 0 spiro atoms. The summed E-state index contributed by atoms with van der Waals surface area (Å²) in [6.07, 6.45) is 1.68. The molecule has 1 aromatic carbocycles. The molecular weight excluding hydrogens is 250 g/mol. The summed E-state index contributed by atoms with van der Waals surface area (Å²) in [6.45, 7) is 3.05. The van der Waals surface area contributed by atoms with E-state index in [1.54, 1.807) is 6.20 Å². The molecule has 0 aliphatic rings. The second-order valence-corrected chi connectivity index (χ2v) is 3.95. The van der Waals surface area contributed by atoms with E-state index in [1.165, 1.54) is 6.07 Å². The highest BCUT2D eigenvalue weighted by Crippen LogP contribution is 2.17. The van der Waals surface area contributed by atoms with E-state index >= 15 is 0 Å². The number of pyridine rings is 1. The number of anilines is 1. The molecule has 19 heavy (non-hydrogen) atoms. The van der Waals surface area contributed by atoms with Gasteiger partial charge in [-0.2, -0.15) is 0 Å². The number of ether oxygens (including phenoxy) is 1. The van der Waals surface area contributed by atoms with Gasteiger partial charge >= 0.3 is 0 Å². The van der Waals surface area contributed by atoms with Crippen LogP contribution in [0.2, 0.25) is 0 Å². The molecule has 0 saturated carbocycles. The zero-order chi connectivity index (χ0) is 13.7. The van der Waals surface area contributed by atoms with Crippen LogP contribution in [0, 0.1) is 11.6 Å². The van der Waals surface area contributed by atoms with Crippen LogP contribution in [0.5, 0.6) is 5.75 Å². The third-order valence-corrected chi connectivity index (χ3v) is 2.48. The van der Waals surface area contributed by atoms with Crippen LogP contribution in [0.1, 0.15) is 12.5 Å². The number of benzene rings is 1. The van der Waals surface area contributed by atoms with Gasteiger partial charge < -0.3 is 10.1 Å². The summed E-state index contributed by atoms with van der Waals surface area (Å²) in [5, 5.41) is 3.08. The average Bonchev–Trinajstić information content (AvgIpc) is 2.42. The average molecular weight is 264 g/mol. The lowest BCUT2D eigenvalue weighted by Crippen LogP contribution is -2.01. The molecule has 0 bridgehead atoms. The normalized spacial score (nSPS) is 10.3. The maximum Gasteiger partial charge on any atom is 0.162 e. The molecule has 1 aromatic heterocycles. The Labute approximate surface area is 110 Å². The summed E-state index contributed by atoms with van der Waals surface area (Å²) in [4.78, 5) is 4.19. The molecular formula is C14H14F2N2O. The molecule has 1 heterocycles. The topological polar surface area (TPSA) is 34.1 Å². The van der Waals surface area contributed by atoms with E-state index in [1.807, 2.05) is 19.1 Å². The van der Waals surface area contributed by atoms with Crippen LogP contribution in [-0.2, 0) is 6.61 Å². The highest BCUT2D eigenvalue weighted by molar-refractivity contribution is 5.35. The lowest BCUT2D eigenvalue weighted by atomic mass is 10.3. The maximum absolute atomic E-state index is 13.0. The van der Waals surface area contributed by atoms with Crippen LogP contribution in [0.25, 0.3) is 0 Å². The quantitative estimate of drug-likeness (QED) is 0.899. The molecule has 3 nitrogen and oxygen atoms in total. The Morgan fingerprint density at radius 2 is 2.00 bits per heavy atom. The van der Waals surface area contributed by atoms with E-state index in [2.05, 4.69) is 10.3 Å². The highest BCUT2D eigenvalue weighted by Gasteiger charge is 2.03. The van der Waals surface area contributed by atoms with Crippen LogP contribution in [0.3, 0.4) is 0 Å². The van der Waals surface area contributed by atoms with Gasteiger partial charge in [0, 0.05) is 24.4 Å². The van der Waals surface area contributed by atoms with E-state index < -0.39 is 11.6 Å². The van der Waals surface area contributed by atoms with E-state index in [0.717, 1.165) is 30.1 Å². The fraction of sp³-hybridized carbons (Fsp3) is 0.214. The van der Waals surface area contributed by atoms with Crippen LogP contribution < -0.4 is 10.1 Å². The van der Waals surface area contributed by atoms with E-state index in [0.29, 0.717) is 0 Å². The molecule has 1 N–H and O–H groups in total. The van der Waals surface area contributed by atoms with Gasteiger partial charge in [0.05, 0.1) is 0 Å². The van der Waals surface area contributed by atoms with Crippen molar-refractivity contribution in [1.82, 2.24) is 4.98 Å². The van der Waals surface area contributed by atoms with Gasteiger partial charge in [-0.05, 0) is 25.1 Å². The fourth-order valence-electron chi connectivity index (χ4n) is 1.53. The van der Waals surface area contributed by atoms with Gasteiger partial charge in [-0.3, -0.25) is 0 Å².